The molecule has 0 radical (unpaired) electrons. The van der Waals surface area contributed by atoms with E-state index >= 15 is 0 Å². The lowest BCUT2D eigenvalue weighted by molar-refractivity contribution is 0.0966. The van der Waals surface area contributed by atoms with Crippen LogP contribution < -0.4 is 5.73 Å². The average Bonchev–Trinajstić information content (AvgIpc) is 2.17. The highest BCUT2D eigenvalue weighted by molar-refractivity contribution is 9.10. The Balaban J connectivity index is 2.70. The SMILES string of the molecule is CC(CN)CC(=O)c1cccc(Br)c1. The molecule has 2 N–H and O–H groups in total. The van der Waals surface area contributed by atoms with E-state index < -0.39 is 0 Å². The van der Waals surface area contributed by atoms with Crippen molar-refractivity contribution in [2.75, 3.05) is 6.54 Å². The van der Waals surface area contributed by atoms with E-state index in [-0.39, 0.29) is 11.7 Å². The van der Waals surface area contributed by atoms with Crippen LogP contribution in [-0.2, 0) is 0 Å². The number of ketones is 1. The summed E-state index contributed by atoms with van der Waals surface area (Å²) >= 11 is 3.34. The first-order valence-corrected chi connectivity index (χ1v) is 5.41. The van der Waals surface area contributed by atoms with Gasteiger partial charge in [0.2, 0.25) is 0 Å². The van der Waals surface area contributed by atoms with Crippen molar-refractivity contribution >= 4 is 21.7 Å². The Morgan fingerprint density at radius 1 is 1.57 bits per heavy atom. The van der Waals surface area contributed by atoms with Crippen molar-refractivity contribution < 1.29 is 4.79 Å². The van der Waals surface area contributed by atoms with Gasteiger partial charge in [-0.1, -0.05) is 35.0 Å². The summed E-state index contributed by atoms with van der Waals surface area (Å²) in [6, 6.07) is 7.44. The molecule has 3 heteroatoms. The third kappa shape index (κ3) is 3.24. The van der Waals surface area contributed by atoms with Gasteiger partial charge in [-0.2, -0.15) is 0 Å². The molecule has 1 unspecified atom stereocenters. The molecule has 1 aromatic carbocycles. The van der Waals surface area contributed by atoms with Crippen molar-refractivity contribution in [2.45, 2.75) is 13.3 Å². The molecule has 1 atom stereocenters. The normalized spacial score (nSPS) is 12.5. The van der Waals surface area contributed by atoms with Crippen molar-refractivity contribution in [3.63, 3.8) is 0 Å². The molecule has 0 aliphatic rings. The van der Waals surface area contributed by atoms with Gasteiger partial charge in [0.05, 0.1) is 0 Å². The molecular weight excluding hydrogens is 242 g/mol. The van der Waals surface area contributed by atoms with Crippen molar-refractivity contribution in [3.8, 4) is 0 Å². The number of benzene rings is 1. The second-order valence-electron chi connectivity index (χ2n) is 3.48. The number of carbonyl (C=O) groups is 1. The van der Waals surface area contributed by atoms with Gasteiger partial charge in [-0.25, -0.2) is 0 Å². The second-order valence-corrected chi connectivity index (χ2v) is 4.39. The second kappa shape index (κ2) is 5.27. The van der Waals surface area contributed by atoms with Crippen LogP contribution in [0.5, 0.6) is 0 Å². The summed E-state index contributed by atoms with van der Waals surface area (Å²) in [5, 5.41) is 0. The van der Waals surface area contributed by atoms with Crippen LogP contribution in [0.2, 0.25) is 0 Å². The van der Waals surface area contributed by atoms with Crippen LogP contribution in [0.1, 0.15) is 23.7 Å². The van der Waals surface area contributed by atoms with Crippen LogP contribution in [-0.4, -0.2) is 12.3 Å². The van der Waals surface area contributed by atoms with E-state index in [9.17, 15) is 4.79 Å². The topological polar surface area (TPSA) is 43.1 Å². The molecule has 1 aromatic rings. The molecule has 0 aliphatic heterocycles. The standard InChI is InChI=1S/C11H14BrNO/c1-8(7-13)5-11(14)9-3-2-4-10(12)6-9/h2-4,6,8H,5,7,13H2,1H3. The van der Waals surface area contributed by atoms with Crippen LogP contribution in [0.4, 0.5) is 0 Å². The maximum Gasteiger partial charge on any atom is 0.163 e. The zero-order chi connectivity index (χ0) is 10.6. The Hall–Kier alpha value is -0.670. The van der Waals surface area contributed by atoms with Gasteiger partial charge >= 0.3 is 0 Å². The van der Waals surface area contributed by atoms with Crippen LogP contribution in [0.3, 0.4) is 0 Å². The fourth-order valence-corrected chi connectivity index (χ4v) is 1.58. The van der Waals surface area contributed by atoms with Crippen LogP contribution in [0.15, 0.2) is 28.7 Å². The highest BCUT2D eigenvalue weighted by Crippen LogP contribution is 2.14. The van der Waals surface area contributed by atoms with Gasteiger partial charge in [0, 0.05) is 16.5 Å². The molecule has 0 aromatic heterocycles. The van der Waals surface area contributed by atoms with Gasteiger partial charge in [0.25, 0.3) is 0 Å². The molecule has 0 amide bonds. The first-order valence-electron chi connectivity index (χ1n) is 4.62. The summed E-state index contributed by atoms with van der Waals surface area (Å²) in [5.41, 5.74) is 6.22. The van der Waals surface area contributed by atoms with Crippen LogP contribution >= 0.6 is 15.9 Å². The highest BCUT2D eigenvalue weighted by atomic mass is 79.9. The average molecular weight is 256 g/mol. The van der Waals surface area contributed by atoms with Crippen molar-refractivity contribution in [1.82, 2.24) is 0 Å². The van der Waals surface area contributed by atoms with Gasteiger partial charge in [-0.05, 0) is 24.6 Å². The minimum absolute atomic E-state index is 0.157. The molecule has 0 bridgehead atoms. The molecule has 14 heavy (non-hydrogen) atoms. The maximum atomic E-state index is 11.7. The lowest BCUT2D eigenvalue weighted by Gasteiger charge is -2.07. The summed E-state index contributed by atoms with van der Waals surface area (Å²) in [6.07, 6.45) is 0.521. The van der Waals surface area contributed by atoms with Crippen LogP contribution in [0.25, 0.3) is 0 Å². The first-order chi connectivity index (χ1) is 6.63. The Kier molecular flexibility index (Phi) is 4.29. The fourth-order valence-electron chi connectivity index (χ4n) is 1.18. The Morgan fingerprint density at radius 3 is 2.86 bits per heavy atom. The summed E-state index contributed by atoms with van der Waals surface area (Å²) < 4.78 is 0.934. The Bertz CT molecular complexity index is 325. The molecule has 76 valence electrons. The smallest absolute Gasteiger partial charge is 0.163 e. The largest absolute Gasteiger partial charge is 0.330 e. The number of rotatable bonds is 4. The van der Waals surface area contributed by atoms with Gasteiger partial charge in [0.1, 0.15) is 0 Å². The molecule has 0 aliphatic carbocycles. The number of nitrogens with two attached hydrogens (primary N) is 1. The monoisotopic (exact) mass is 255 g/mol. The summed E-state index contributed by atoms with van der Waals surface area (Å²) in [6.45, 7) is 2.54. The molecular formula is C11H14BrNO. The molecule has 0 fully saturated rings. The highest BCUT2D eigenvalue weighted by Gasteiger charge is 2.09. The Morgan fingerprint density at radius 2 is 2.29 bits per heavy atom. The van der Waals surface area contributed by atoms with Gasteiger partial charge < -0.3 is 5.73 Å². The third-order valence-electron chi connectivity index (χ3n) is 2.08. The first kappa shape index (κ1) is 11.4. The minimum Gasteiger partial charge on any atom is -0.330 e. The van der Waals surface area contributed by atoms with Crippen molar-refractivity contribution in [3.05, 3.63) is 34.3 Å². The van der Waals surface area contributed by atoms with E-state index in [2.05, 4.69) is 15.9 Å². The van der Waals surface area contributed by atoms with E-state index in [1.807, 2.05) is 31.2 Å². The van der Waals surface area contributed by atoms with E-state index in [1.165, 1.54) is 0 Å². The molecule has 1 rings (SSSR count). The predicted octanol–water partition coefficient (Wildman–Crippen LogP) is 2.62. The van der Waals surface area contributed by atoms with Gasteiger partial charge in [-0.15, -0.1) is 0 Å². The molecule has 0 saturated carbocycles. The number of halogens is 1. The summed E-state index contributed by atoms with van der Waals surface area (Å²) in [7, 11) is 0. The number of carbonyl (C=O) groups excluding carboxylic acids is 1. The van der Waals surface area contributed by atoms with E-state index in [1.54, 1.807) is 0 Å². The number of hydrogen-bond acceptors (Lipinski definition) is 2. The van der Waals surface area contributed by atoms with Gasteiger partial charge in [-0.3, -0.25) is 4.79 Å². The third-order valence-corrected chi connectivity index (χ3v) is 2.58. The lowest BCUT2D eigenvalue weighted by atomic mass is 10.0. The zero-order valence-electron chi connectivity index (χ0n) is 8.16. The minimum atomic E-state index is 0.157. The van der Waals surface area contributed by atoms with Crippen molar-refractivity contribution in [2.24, 2.45) is 11.7 Å². The fraction of sp³-hybridized carbons (Fsp3) is 0.364. The summed E-state index contributed by atoms with van der Waals surface area (Å²) in [5.74, 6) is 0.408. The van der Waals surface area contributed by atoms with E-state index in [4.69, 9.17) is 5.73 Å². The van der Waals surface area contributed by atoms with E-state index in [0.717, 1.165) is 10.0 Å². The molecule has 2 nitrogen and oxygen atoms in total. The lowest BCUT2D eigenvalue weighted by Crippen LogP contribution is -2.15. The molecule has 0 heterocycles. The van der Waals surface area contributed by atoms with Gasteiger partial charge in [0.15, 0.2) is 5.78 Å². The van der Waals surface area contributed by atoms with Crippen LogP contribution in [0, 0.1) is 5.92 Å². The molecule has 0 spiro atoms. The predicted molar refractivity (Wildman–Crippen MR) is 61.3 cm³/mol. The van der Waals surface area contributed by atoms with Crippen molar-refractivity contribution in [1.29, 1.82) is 0 Å². The zero-order valence-corrected chi connectivity index (χ0v) is 9.75. The number of hydrogen-bond donors (Lipinski definition) is 1. The Labute approximate surface area is 92.6 Å². The quantitative estimate of drug-likeness (QED) is 0.841. The number of Topliss-reactive ketones (excluding diaryl/α,β-unsaturated/α-hetero) is 1. The summed E-state index contributed by atoms with van der Waals surface area (Å²) in [4.78, 5) is 11.7. The maximum absolute atomic E-state index is 11.7. The van der Waals surface area contributed by atoms with E-state index in [0.29, 0.717) is 13.0 Å². The molecule has 0 saturated heterocycles.